The number of alkyl halides is 3. The number of methoxy groups -OCH3 is 2. The van der Waals surface area contributed by atoms with Gasteiger partial charge in [-0.05, 0) is 62.9 Å². The van der Waals surface area contributed by atoms with Crippen LogP contribution in [-0.2, 0) is 14.8 Å². The molecular weight excluding hydrogens is 497 g/mol. The van der Waals surface area contributed by atoms with Crippen molar-refractivity contribution >= 4 is 26.8 Å². The highest BCUT2D eigenvalue weighted by molar-refractivity contribution is 7.89. The van der Waals surface area contributed by atoms with Crippen LogP contribution in [0.25, 0.3) is 22.3 Å². The molecule has 194 valence electrons. The van der Waals surface area contributed by atoms with Crippen LogP contribution < -0.4 is 9.46 Å². The molecule has 0 aliphatic heterocycles. The van der Waals surface area contributed by atoms with Crippen molar-refractivity contribution in [1.29, 1.82) is 5.41 Å². The number of nitrogens with one attached hydrogen (secondary N) is 2. The van der Waals surface area contributed by atoms with Gasteiger partial charge in [0.15, 0.2) is 0 Å². The van der Waals surface area contributed by atoms with E-state index in [2.05, 4.69) is 9.55 Å². The maximum atomic E-state index is 12.9. The van der Waals surface area contributed by atoms with Crippen molar-refractivity contribution < 1.29 is 31.1 Å². The minimum Gasteiger partial charge on any atom is -0.496 e. The number of ether oxygens (including phenoxy) is 2. The number of rotatable bonds is 7. The van der Waals surface area contributed by atoms with Crippen molar-refractivity contribution in [2.24, 2.45) is 0 Å². The Morgan fingerprint density at radius 2 is 1.94 bits per heavy atom. The van der Waals surface area contributed by atoms with Gasteiger partial charge in [0.05, 0.1) is 36.7 Å². The van der Waals surface area contributed by atoms with Crippen molar-refractivity contribution in [3.05, 3.63) is 41.6 Å². The summed E-state index contributed by atoms with van der Waals surface area (Å²) >= 11 is 0. The minimum absolute atomic E-state index is 0.0989. The second-order valence-corrected chi connectivity index (χ2v) is 10.5. The van der Waals surface area contributed by atoms with Gasteiger partial charge in [-0.15, -0.1) is 0 Å². The zero-order valence-electron chi connectivity index (χ0n) is 20.2. The van der Waals surface area contributed by atoms with Crippen LogP contribution in [0.15, 0.2) is 35.4 Å². The number of nitrogens with zero attached hydrogens (tertiary/aromatic N) is 2. The van der Waals surface area contributed by atoms with Crippen LogP contribution in [0.5, 0.6) is 5.75 Å². The van der Waals surface area contributed by atoms with Crippen LogP contribution in [0.3, 0.4) is 0 Å². The Kier molecular flexibility index (Phi) is 6.78. The number of halogens is 3. The fourth-order valence-corrected chi connectivity index (χ4v) is 5.49. The predicted octanol–water partition coefficient (Wildman–Crippen LogP) is 4.95. The van der Waals surface area contributed by atoms with Gasteiger partial charge < -0.3 is 14.0 Å². The Morgan fingerprint density at radius 1 is 1.25 bits per heavy atom. The Labute approximate surface area is 207 Å². The Hall–Kier alpha value is -3.12. The molecule has 36 heavy (non-hydrogen) atoms. The lowest BCUT2D eigenvalue weighted by atomic mass is 9.92. The second-order valence-electron chi connectivity index (χ2n) is 8.81. The van der Waals surface area contributed by atoms with Crippen LogP contribution in [-0.4, -0.2) is 50.3 Å². The van der Waals surface area contributed by atoms with Crippen LogP contribution >= 0.6 is 0 Å². The zero-order chi connectivity index (χ0) is 26.4. The summed E-state index contributed by atoms with van der Waals surface area (Å²) in [6, 6.07) is 4.36. The molecule has 4 rings (SSSR count). The molecule has 1 aliphatic rings. The van der Waals surface area contributed by atoms with E-state index in [0.717, 1.165) is 48.8 Å². The number of aryl methyl sites for hydroxylation is 1. The Balaban J connectivity index is 1.89. The zero-order valence-corrected chi connectivity index (χ0v) is 21.0. The summed E-state index contributed by atoms with van der Waals surface area (Å²) in [6.45, 7) is 2.65. The minimum atomic E-state index is -4.72. The number of pyridine rings is 1. The maximum Gasteiger partial charge on any atom is 0.404 e. The van der Waals surface area contributed by atoms with Gasteiger partial charge in [-0.2, -0.15) is 17.9 Å². The standard InChI is InChI=1S/C24H27F3N4O4S/c1-13-10-19-17(11-20(13)34-3)21(23(28)35-4)22(31(19)15-6-5-7-15)18-9-8-16(12-29-18)36(32,33)30-14(2)24(25,26)27/h8-12,14-15,28,30H,5-7H2,1-4H3/t14-/m0/s1. The molecular formula is C24H27F3N4O4S. The number of sulfonamides is 1. The highest BCUT2D eigenvalue weighted by Crippen LogP contribution is 2.44. The summed E-state index contributed by atoms with van der Waals surface area (Å²) in [5.41, 5.74) is 3.20. The highest BCUT2D eigenvalue weighted by atomic mass is 32.2. The molecule has 0 saturated heterocycles. The lowest BCUT2D eigenvalue weighted by molar-refractivity contribution is -0.147. The van der Waals surface area contributed by atoms with Crippen LogP contribution in [0, 0.1) is 12.3 Å². The molecule has 1 aliphatic carbocycles. The summed E-state index contributed by atoms with van der Waals surface area (Å²) in [4.78, 5) is 3.93. The highest BCUT2D eigenvalue weighted by Gasteiger charge is 2.39. The molecule has 0 unspecified atom stereocenters. The summed E-state index contributed by atoms with van der Waals surface area (Å²) < 4.78 is 78.2. The number of fused-ring (bicyclic) bond motifs is 1. The molecule has 1 fully saturated rings. The smallest absolute Gasteiger partial charge is 0.404 e. The summed E-state index contributed by atoms with van der Waals surface area (Å²) in [5.74, 6) is 0.544. The first-order valence-corrected chi connectivity index (χ1v) is 12.8. The van der Waals surface area contributed by atoms with Gasteiger partial charge in [-0.3, -0.25) is 10.4 Å². The Bertz CT molecular complexity index is 1410. The van der Waals surface area contributed by atoms with E-state index in [9.17, 15) is 21.6 Å². The third-order valence-corrected chi connectivity index (χ3v) is 8.03. The molecule has 0 spiro atoms. The topological polar surface area (TPSA) is 106 Å². The number of benzene rings is 1. The average molecular weight is 525 g/mol. The fourth-order valence-electron chi connectivity index (χ4n) is 4.32. The van der Waals surface area contributed by atoms with Crippen molar-refractivity contribution in [2.45, 2.75) is 56.3 Å². The van der Waals surface area contributed by atoms with E-state index in [0.29, 0.717) is 22.7 Å². The summed E-state index contributed by atoms with van der Waals surface area (Å²) in [6.07, 6.45) is -0.807. The number of aromatic nitrogens is 2. The van der Waals surface area contributed by atoms with Gasteiger partial charge in [-0.1, -0.05) is 0 Å². The van der Waals surface area contributed by atoms with E-state index in [1.807, 2.05) is 19.1 Å². The van der Waals surface area contributed by atoms with Crippen LogP contribution in [0.2, 0.25) is 0 Å². The lowest BCUT2D eigenvalue weighted by Crippen LogP contribution is -2.42. The first-order chi connectivity index (χ1) is 16.9. The molecule has 0 amide bonds. The monoisotopic (exact) mass is 524 g/mol. The first kappa shape index (κ1) is 26.0. The Morgan fingerprint density at radius 3 is 2.44 bits per heavy atom. The van der Waals surface area contributed by atoms with Crippen molar-refractivity contribution in [2.75, 3.05) is 14.2 Å². The second kappa shape index (κ2) is 9.40. The summed E-state index contributed by atoms with van der Waals surface area (Å²) in [5, 5.41) is 9.25. The van der Waals surface area contributed by atoms with Crippen molar-refractivity contribution in [3.63, 3.8) is 0 Å². The molecule has 2 N–H and O–H groups in total. The molecule has 8 nitrogen and oxygen atoms in total. The predicted molar refractivity (Wildman–Crippen MR) is 129 cm³/mol. The van der Waals surface area contributed by atoms with E-state index >= 15 is 0 Å². The fraction of sp³-hybridized carbons (Fsp3) is 0.417. The van der Waals surface area contributed by atoms with E-state index in [1.54, 1.807) is 11.8 Å². The first-order valence-electron chi connectivity index (χ1n) is 11.3. The SMILES string of the molecule is COC(=N)c1c(-c2ccc(S(=O)(=O)N[C@@H](C)C(F)(F)F)cn2)n(C2CCC2)c2cc(C)c(OC)cc12. The lowest BCUT2D eigenvalue weighted by Gasteiger charge is -2.30. The summed E-state index contributed by atoms with van der Waals surface area (Å²) in [7, 11) is -1.50. The molecule has 0 bridgehead atoms. The average Bonchev–Trinajstić information content (AvgIpc) is 3.09. The van der Waals surface area contributed by atoms with E-state index in [-0.39, 0.29) is 11.9 Å². The normalized spacial score (nSPS) is 15.5. The number of hydrogen-bond donors (Lipinski definition) is 2. The van der Waals surface area contributed by atoms with E-state index in [4.69, 9.17) is 14.9 Å². The third-order valence-electron chi connectivity index (χ3n) is 6.50. The molecule has 12 heteroatoms. The van der Waals surface area contributed by atoms with Crippen LogP contribution in [0.1, 0.15) is 43.4 Å². The van der Waals surface area contributed by atoms with Gasteiger partial charge >= 0.3 is 6.18 Å². The molecule has 2 aromatic heterocycles. The molecule has 1 saturated carbocycles. The maximum absolute atomic E-state index is 12.9. The van der Waals surface area contributed by atoms with Crippen molar-refractivity contribution in [1.82, 2.24) is 14.3 Å². The van der Waals surface area contributed by atoms with Crippen LogP contribution in [0.4, 0.5) is 13.2 Å². The van der Waals surface area contributed by atoms with Gasteiger partial charge in [0.2, 0.25) is 15.9 Å². The largest absolute Gasteiger partial charge is 0.496 e. The third kappa shape index (κ3) is 4.55. The van der Waals surface area contributed by atoms with E-state index in [1.165, 1.54) is 19.2 Å². The molecule has 0 radical (unpaired) electrons. The quantitative estimate of drug-likeness (QED) is 0.336. The van der Waals surface area contributed by atoms with Crippen molar-refractivity contribution in [3.8, 4) is 17.1 Å². The molecule has 1 atom stereocenters. The van der Waals surface area contributed by atoms with E-state index < -0.39 is 27.1 Å². The molecule has 3 aromatic rings. The molecule has 2 heterocycles. The van der Waals surface area contributed by atoms with Gasteiger partial charge in [0, 0.05) is 17.6 Å². The van der Waals surface area contributed by atoms with Gasteiger partial charge in [-0.25, -0.2) is 8.42 Å². The van der Waals surface area contributed by atoms with Gasteiger partial charge in [0.1, 0.15) is 16.7 Å². The van der Waals surface area contributed by atoms with Gasteiger partial charge in [0.25, 0.3) is 0 Å². The number of hydrogen-bond acceptors (Lipinski definition) is 6. The molecule has 1 aromatic carbocycles.